The van der Waals surface area contributed by atoms with E-state index in [0.29, 0.717) is 18.7 Å². The van der Waals surface area contributed by atoms with Gasteiger partial charge in [-0.3, -0.25) is 4.84 Å². The summed E-state index contributed by atoms with van der Waals surface area (Å²) in [5, 5.41) is 0. The van der Waals surface area contributed by atoms with Gasteiger partial charge >= 0.3 is 5.97 Å². The Bertz CT molecular complexity index is 401. The summed E-state index contributed by atoms with van der Waals surface area (Å²) in [4.78, 5) is 16.8. The SMILES string of the molecule is CCC/C=C(/CNOCc1ccccc1)C(=O)OC. The van der Waals surface area contributed by atoms with E-state index in [-0.39, 0.29) is 5.97 Å². The molecule has 1 rings (SSSR count). The topological polar surface area (TPSA) is 47.6 Å². The molecule has 1 aromatic rings. The van der Waals surface area contributed by atoms with Crippen molar-refractivity contribution in [1.82, 2.24) is 5.48 Å². The molecule has 4 heteroatoms. The van der Waals surface area contributed by atoms with E-state index in [1.54, 1.807) is 0 Å². The first-order chi connectivity index (χ1) is 9.27. The maximum Gasteiger partial charge on any atom is 0.334 e. The number of nitrogens with one attached hydrogen (secondary N) is 1. The molecule has 0 aliphatic heterocycles. The van der Waals surface area contributed by atoms with Crippen LogP contribution in [0.15, 0.2) is 42.0 Å². The summed E-state index contributed by atoms with van der Waals surface area (Å²) >= 11 is 0. The van der Waals surface area contributed by atoms with Gasteiger partial charge in [-0.25, -0.2) is 4.79 Å². The molecule has 0 aromatic heterocycles. The minimum atomic E-state index is -0.315. The molecule has 0 aliphatic carbocycles. The van der Waals surface area contributed by atoms with Crippen LogP contribution in [0.3, 0.4) is 0 Å². The van der Waals surface area contributed by atoms with E-state index in [4.69, 9.17) is 9.57 Å². The van der Waals surface area contributed by atoms with Gasteiger partial charge in [0.2, 0.25) is 0 Å². The van der Waals surface area contributed by atoms with Crippen molar-refractivity contribution < 1.29 is 14.4 Å². The zero-order valence-corrected chi connectivity index (χ0v) is 11.5. The van der Waals surface area contributed by atoms with Crippen LogP contribution in [-0.4, -0.2) is 19.6 Å². The fraction of sp³-hybridized carbons (Fsp3) is 0.400. The number of carbonyl (C=O) groups excluding carboxylic acids is 1. The van der Waals surface area contributed by atoms with Crippen molar-refractivity contribution >= 4 is 5.97 Å². The summed E-state index contributed by atoms with van der Waals surface area (Å²) in [5.41, 5.74) is 4.46. The fourth-order valence-corrected chi connectivity index (χ4v) is 1.51. The van der Waals surface area contributed by atoms with E-state index in [1.165, 1.54) is 7.11 Å². The van der Waals surface area contributed by atoms with E-state index in [9.17, 15) is 4.79 Å². The van der Waals surface area contributed by atoms with Gasteiger partial charge in [0.05, 0.1) is 20.3 Å². The van der Waals surface area contributed by atoms with Crippen LogP contribution >= 0.6 is 0 Å². The second-order valence-electron chi connectivity index (χ2n) is 4.11. The molecule has 4 nitrogen and oxygen atoms in total. The normalized spacial score (nSPS) is 11.4. The predicted octanol–water partition coefficient (Wildman–Crippen LogP) is 2.61. The first-order valence-corrected chi connectivity index (χ1v) is 6.43. The second-order valence-corrected chi connectivity index (χ2v) is 4.11. The van der Waals surface area contributed by atoms with Gasteiger partial charge in [-0.2, -0.15) is 5.48 Å². The highest BCUT2D eigenvalue weighted by Gasteiger charge is 2.08. The Hall–Kier alpha value is -1.65. The number of rotatable bonds is 8. The molecule has 0 amide bonds. The number of unbranched alkanes of at least 4 members (excludes halogenated alkanes) is 1. The third-order valence-electron chi connectivity index (χ3n) is 2.57. The van der Waals surface area contributed by atoms with Crippen LogP contribution in [-0.2, 0) is 21.0 Å². The Morgan fingerprint density at radius 3 is 2.68 bits per heavy atom. The Labute approximate surface area is 114 Å². The van der Waals surface area contributed by atoms with Gasteiger partial charge in [0, 0.05) is 5.57 Å². The van der Waals surface area contributed by atoms with Gasteiger partial charge in [0.15, 0.2) is 0 Å². The molecule has 104 valence electrons. The highest BCUT2D eigenvalue weighted by molar-refractivity contribution is 5.88. The van der Waals surface area contributed by atoms with Crippen molar-refractivity contribution in [2.45, 2.75) is 26.4 Å². The van der Waals surface area contributed by atoms with Crippen LogP contribution in [0.25, 0.3) is 0 Å². The number of methoxy groups -OCH3 is 1. The molecule has 0 atom stereocenters. The van der Waals surface area contributed by atoms with Crippen molar-refractivity contribution in [2.24, 2.45) is 0 Å². The van der Waals surface area contributed by atoms with Crippen molar-refractivity contribution in [3.63, 3.8) is 0 Å². The minimum absolute atomic E-state index is 0.315. The lowest BCUT2D eigenvalue weighted by Crippen LogP contribution is -2.22. The maximum atomic E-state index is 11.5. The molecule has 0 saturated carbocycles. The highest BCUT2D eigenvalue weighted by Crippen LogP contribution is 2.02. The average molecular weight is 263 g/mol. The van der Waals surface area contributed by atoms with Crippen molar-refractivity contribution in [2.75, 3.05) is 13.7 Å². The summed E-state index contributed by atoms with van der Waals surface area (Å²) in [6.45, 7) is 2.87. The predicted molar refractivity (Wildman–Crippen MR) is 74.2 cm³/mol. The number of carbonyl (C=O) groups is 1. The van der Waals surface area contributed by atoms with Gasteiger partial charge in [0.25, 0.3) is 0 Å². The van der Waals surface area contributed by atoms with E-state index in [0.717, 1.165) is 18.4 Å². The molecule has 0 fully saturated rings. The molecule has 1 aromatic carbocycles. The van der Waals surface area contributed by atoms with Crippen LogP contribution in [0.1, 0.15) is 25.3 Å². The monoisotopic (exact) mass is 263 g/mol. The minimum Gasteiger partial charge on any atom is -0.466 e. The largest absolute Gasteiger partial charge is 0.466 e. The molecule has 0 saturated heterocycles. The molecule has 0 heterocycles. The Morgan fingerprint density at radius 2 is 2.05 bits per heavy atom. The summed E-state index contributed by atoms with van der Waals surface area (Å²) in [6.07, 6.45) is 3.72. The molecule has 0 aliphatic rings. The molecule has 0 unspecified atom stereocenters. The molecular formula is C15H21NO3. The summed E-state index contributed by atoms with van der Waals surface area (Å²) in [7, 11) is 1.38. The van der Waals surface area contributed by atoms with Crippen LogP contribution < -0.4 is 5.48 Å². The van der Waals surface area contributed by atoms with Crippen LogP contribution in [0.2, 0.25) is 0 Å². The van der Waals surface area contributed by atoms with Crippen molar-refractivity contribution in [1.29, 1.82) is 0 Å². The van der Waals surface area contributed by atoms with Crippen LogP contribution in [0.4, 0.5) is 0 Å². The highest BCUT2D eigenvalue weighted by atomic mass is 16.6. The lowest BCUT2D eigenvalue weighted by Gasteiger charge is -2.08. The Balaban J connectivity index is 2.34. The van der Waals surface area contributed by atoms with Gasteiger partial charge < -0.3 is 4.74 Å². The quantitative estimate of drug-likeness (QED) is 0.339. The van der Waals surface area contributed by atoms with Crippen molar-refractivity contribution in [3.8, 4) is 0 Å². The second kappa shape index (κ2) is 9.30. The third kappa shape index (κ3) is 6.18. The fourth-order valence-electron chi connectivity index (χ4n) is 1.51. The zero-order valence-electron chi connectivity index (χ0n) is 11.5. The molecule has 0 spiro atoms. The van der Waals surface area contributed by atoms with Gasteiger partial charge in [-0.1, -0.05) is 49.8 Å². The number of esters is 1. The first kappa shape index (κ1) is 15.4. The number of hydrogen-bond acceptors (Lipinski definition) is 4. The van der Waals surface area contributed by atoms with Gasteiger partial charge in [-0.05, 0) is 12.0 Å². The van der Waals surface area contributed by atoms with E-state index >= 15 is 0 Å². The number of hydroxylamine groups is 1. The zero-order chi connectivity index (χ0) is 13.9. The van der Waals surface area contributed by atoms with Gasteiger partial charge in [0.1, 0.15) is 0 Å². The Morgan fingerprint density at radius 1 is 1.32 bits per heavy atom. The molecule has 0 bridgehead atoms. The molecule has 0 radical (unpaired) electrons. The van der Waals surface area contributed by atoms with E-state index in [1.807, 2.05) is 36.4 Å². The number of benzene rings is 1. The van der Waals surface area contributed by atoms with E-state index < -0.39 is 0 Å². The number of ether oxygens (including phenoxy) is 1. The third-order valence-corrected chi connectivity index (χ3v) is 2.57. The molecule has 1 N–H and O–H groups in total. The number of hydrogen-bond donors (Lipinski definition) is 1. The lowest BCUT2D eigenvalue weighted by molar-refractivity contribution is -0.136. The van der Waals surface area contributed by atoms with Gasteiger partial charge in [-0.15, -0.1) is 0 Å². The molecular weight excluding hydrogens is 242 g/mol. The molecule has 19 heavy (non-hydrogen) atoms. The maximum absolute atomic E-state index is 11.5. The summed E-state index contributed by atoms with van der Waals surface area (Å²) in [6, 6.07) is 9.84. The lowest BCUT2D eigenvalue weighted by atomic mass is 10.2. The van der Waals surface area contributed by atoms with Crippen molar-refractivity contribution in [3.05, 3.63) is 47.5 Å². The van der Waals surface area contributed by atoms with E-state index in [2.05, 4.69) is 12.4 Å². The Kier molecular flexibility index (Phi) is 7.54. The smallest absolute Gasteiger partial charge is 0.334 e. The first-order valence-electron chi connectivity index (χ1n) is 6.43. The number of allylic oxidation sites excluding steroid dienone is 1. The summed E-state index contributed by atoms with van der Waals surface area (Å²) in [5.74, 6) is -0.315. The van der Waals surface area contributed by atoms with Crippen LogP contribution in [0.5, 0.6) is 0 Å². The summed E-state index contributed by atoms with van der Waals surface area (Å²) < 4.78 is 4.72. The van der Waals surface area contributed by atoms with Crippen LogP contribution in [0, 0.1) is 0 Å². The standard InChI is InChI=1S/C15H21NO3/c1-3-4-10-14(15(17)18-2)11-16-19-12-13-8-6-5-7-9-13/h5-10,16H,3-4,11-12H2,1-2H3/b14-10-. The average Bonchev–Trinajstić information content (AvgIpc) is 2.47.